The van der Waals surface area contributed by atoms with E-state index in [-0.39, 0.29) is 16.8 Å². The summed E-state index contributed by atoms with van der Waals surface area (Å²) in [5, 5.41) is 8.89. The number of hydrogen-bond acceptors (Lipinski definition) is 6. The van der Waals surface area contributed by atoms with Crippen LogP contribution in [0.2, 0.25) is 0 Å². The molecule has 2 aromatic carbocycles. The van der Waals surface area contributed by atoms with Gasteiger partial charge in [-0.3, -0.25) is 25.2 Å². The van der Waals surface area contributed by atoms with Crippen molar-refractivity contribution in [2.24, 2.45) is 0 Å². The standard InChI is InChI=1S/C22H19N5O4/c1-3-27-22(30)16-12-8-7-11-15(16)19(25-27)21(29)24-23-20(28)17-13(2)31-26-18(17)14-9-5-4-6-10-14/h4-12H,3H2,1-2H3,(H,23,28)(H,24,29). The van der Waals surface area contributed by atoms with Gasteiger partial charge in [0, 0.05) is 17.5 Å². The van der Waals surface area contributed by atoms with Crippen LogP contribution in [0.4, 0.5) is 0 Å². The third-order valence-electron chi connectivity index (χ3n) is 4.81. The molecule has 2 N–H and O–H groups in total. The van der Waals surface area contributed by atoms with Crippen LogP contribution in [0, 0.1) is 6.92 Å². The number of aryl methyl sites for hydroxylation is 2. The van der Waals surface area contributed by atoms with Crippen LogP contribution in [0.15, 0.2) is 63.9 Å². The Labute approximate surface area is 176 Å². The number of amides is 2. The lowest BCUT2D eigenvalue weighted by Crippen LogP contribution is -2.43. The van der Waals surface area contributed by atoms with Crippen molar-refractivity contribution in [3.63, 3.8) is 0 Å². The second kappa shape index (κ2) is 8.23. The zero-order valence-corrected chi connectivity index (χ0v) is 16.9. The van der Waals surface area contributed by atoms with E-state index in [0.717, 1.165) is 0 Å². The number of benzene rings is 2. The van der Waals surface area contributed by atoms with E-state index in [4.69, 9.17) is 4.52 Å². The molecule has 0 fully saturated rings. The lowest BCUT2D eigenvalue weighted by molar-refractivity contribution is 0.0843. The lowest BCUT2D eigenvalue weighted by Gasteiger charge is -2.11. The normalized spacial score (nSPS) is 10.8. The van der Waals surface area contributed by atoms with Gasteiger partial charge in [-0.2, -0.15) is 5.10 Å². The second-order valence-electron chi connectivity index (χ2n) is 6.75. The summed E-state index contributed by atoms with van der Waals surface area (Å²) in [6, 6.07) is 15.8. The molecule has 0 saturated carbocycles. The molecule has 2 aromatic heterocycles. The van der Waals surface area contributed by atoms with Crippen molar-refractivity contribution < 1.29 is 14.1 Å². The summed E-state index contributed by atoms with van der Waals surface area (Å²) < 4.78 is 6.39. The Morgan fingerprint density at radius 2 is 1.61 bits per heavy atom. The topological polar surface area (TPSA) is 119 Å². The van der Waals surface area contributed by atoms with E-state index >= 15 is 0 Å². The summed E-state index contributed by atoms with van der Waals surface area (Å²) in [4.78, 5) is 38.1. The Balaban J connectivity index is 1.61. The highest BCUT2D eigenvalue weighted by molar-refractivity contribution is 6.07. The van der Waals surface area contributed by atoms with Crippen LogP contribution in [-0.2, 0) is 6.54 Å². The fourth-order valence-corrected chi connectivity index (χ4v) is 3.29. The fourth-order valence-electron chi connectivity index (χ4n) is 3.29. The zero-order chi connectivity index (χ0) is 22.0. The fraction of sp³-hybridized carbons (Fsp3) is 0.136. The van der Waals surface area contributed by atoms with Gasteiger partial charge in [0.05, 0.1) is 5.39 Å². The maximum atomic E-state index is 12.8. The van der Waals surface area contributed by atoms with Gasteiger partial charge >= 0.3 is 0 Å². The highest BCUT2D eigenvalue weighted by atomic mass is 16.5. The molecule has 9 heteroatoms. The molecular formula is C22H19N5O4. The van der Waals surface area contributed by atoms with Gasteiger partial charge in [-0.1, -0.05) is 53.7 Å². The molecule has 0 radical (unpaired) electrons. The van der Waals surface area contributed by atoms with Gasteiger partial charge in [-0.25, -0.2) is 4.68 Å². The molecule has 2 amide bonds. The number of nitrogens with zero attached hydrogens (tertiary/aromatic N) is 3. The molecule has 0 bridgehead atoms. The highest BCUT2D eigenvalue weighted by Gasteiger charge is 2.23. The number of carbonyl (C=O) groups excluding carboxylic acids is 2. The molecule has 0 spiro atoms. The van der Waals surface area contributed by atoms with Crippen LogP contribution in [0.1, 0.15) is 33.5 Å². The van der Waals surface area contributed by atoms with Crippen LogP contribution < -0.4 is 16.4 Å². The molecule has 0 unspecified atom stereocenters. The van der Waals surface area contributed by atoms with Gasteiger partial charge in [-0.15, -0.1) is 0 Å². The Bertz CT molecular complexity index is 1340. The van der Waals surface area contributed by atoms with Crippen molar-refractivity contribution in [2.75, 3.05) is 0 Å². The number of carbonyl (C=O) groups is 2. The summed E-state index contributed by atoms with van der Waals surface area (Å²) in [5.74, 6) is -0.921. The monoisotopic (exact) mass is 417 g/mol. The lowest BCUT2D eigenvalue weighted by atomic mass is 10.1. The molecule has 4 rings (SSSR count). The predicted octanol–water partition coefficient (Wildman–Crippen LogP) is 2.45. The van der Waals surface area contributed by atoms with Crippen LogP contribution in [0.5, 0.6) is 0 Å². The number of fused-ring (bicyclic) bond motifs is 1. The van der Waals surface area contributed by atoms with Crippen LogP contribution >= 0.6 is 0 Å². The molecule has 2 heterocycles. The van der Waals surface area contributed by atoms with Crippen molar-refractivity contribution in [2.45, 2.75) is 20.4 Å². The maximum Gasteiger partial charge on any atom is 0.290 e. The molecule has 0 aliphatic rings. The first-order valence-electron chi connectivity index (χ1n) is 9.63. The van der Waals surface area contributed by atoms with E-state index in [2.05, 4.69) is 21.1 Å². The van der Waals surface area contributed by atoms with E-state index in [1.807, 2.05) is 18.2 Å². The molecule has 9 nitrogen and oxygen atoms in total. The number of rotatable bonds is 4. The third kappa shape index (κ3) is 3.68. The van der Waals surface area contributed by atoms with Crippen molar-refractivity contribution in [3.8, 4) is 11.3 Å². The highest BCUT2D eigenvalue weighted by Crippen LogP contribution is 2.24. The Kier molecular flexibility index (Phi) is 5.31. The van der Waals surface area contributed by atoms with Crippen molar-refractivity contribution in [1.82, 2.24) is 25.8 Å². The van der Waals surface area contributed by atoms with Gasteiger partial charge in [0.2, 0.25) is 0 Å². The zero-order valence-electron chi connectivity index (χ0n) is 16.9. The molecule has 0 aliphatic heterocycles. The van der Waals surface area contributed by atoms with E-state index in [0.29, 0.717) is 34.3 Å². The van der Waals surface area contributed by atoms with E-state index in [9.17, 15) is 14.4 Å². The molecule has 31 heavy (non-hydrogen) atoms. The smallest absolute Gasteiger partial charge is 0.290 e. The summed E-state index contributed by atoms with van der Waals surface area (Å²) in [6.45, 7) is 3.67. The average Bonchev–Trinajstić information content (AvgIpc) is 3.19. The maximum absolute atomic E-state index is 12.8. The molecule has 0 saturated heterocycles. The summed E-state index contributed by atoms with van der Waals surface area (Å²) >= 11 is 0. The SMILES string of the molecule is CCn1nc(C(=O)NNC(=O)c2c(-c3ccccc3)noc2C)c2ccccc2c1=O. The van der Waals surface area contributed by atoms with Gasteiger partial charge in [0.1, 0.15) is 17.0 Å². The number of aromatic nitrogens is 3. The van der Waals surface area contributed by atoms with Crippen LogP contribution in [-0.4, -0.2) is 26.8 Å². The Morgan fingerprint density at radius 1 is 0.968 bits per heavy atom. The third-order valence-corrected chi connectivity index (χ3v) is 4.81. The number of hydrazine groups is 1. The molecule has 4 aromatic rings. The largest absolute Gasteiger partial charge is 0.360 e. The quantitative estimate of drug-likeness (QED) is 0.492. The first-order valence-corrected chi connectivity index (χ1v) is 9.63. The van der Waals surface area contributed by atoms with E-state index in [1.54, 1.807) is 50.2 Å². The van der Waals surface area contributed by atoms with E-state index < -0.39 is 11.8 Å². The van der Waals surface area contributed by atoms with Crippen LogP contribution in [0.25, 0.3) is 22.0 Å². The number of hydrogen-bond donors (Lipinski definition) is 2. The summed E-state index contributed by atoms with van der Waals surface area (Å²) in [6.07, 6.45) is 0. The molecule has 156 valence electrons. The number of nitrogens with one attached hydrogen (secondary N) is 2. The minimum atomic E-state index is -0.651. The summed E-state index contributed by atoms with van der Waals surface area (Å²) in [7, 11) is 0. The minimum Gasteiger partial charge on any atom is -0.360 e. The van der Waals surface area contributed by atoms with Gasteiger partial charge in [0.15, 0.2) is 5.69 Å². The Hall–Kier alpha value is -4.27. The van der Waals surface area contributed by atoms with Gasteiger partial charge < -0.3 is 4.52 Å². The molecular weight excluding hydrogens is 398 g/mol. The second-order valence-corrected chi connectivity index (χ2v) is 6.75. The van der Waals surface area contributed by atoms with Crippen molar-refractivity contribution in [3.05, 3.63) is 82.0 Å². The van der Waals surface area contributed by atoms with Crippen molar-refractivity contribution >= 4 is 22.6 Å². The first kappa shape index (κ1) is 20.0. The van der Waals surface area contributed by atoms with Crippen molar-refractivity contribution in [1.29, 1.82) is 0 Å². The molecule has 0 atom stereocenters. The molecule has 0 aliphatic carbocycles. The Morgan fingerprint density at radius 3 is 2.32 bits per heavy atom. The average molecular weight is 417 g/mol. The predicted molar refractivity (Wildman–Crippen MR) is 113 cm³/mol. The minimum absolute atomic E-state index is 0.0303. The van der Waals surface area contributed by atoms with Gasteiger partial charge in [-0.05, 0) is 19.9 Å². The first-order chi connectivity index (χ1) is 15.0. The summed E-state index contributed by atoms with van der Waals surface area (Å²) in [5.41, 5.74) is 5.79. The van der Waals surface area contributed by atoms with Crippen LogP contribution in [0.3, 0.4) is 0 Å². The van der Waals surface area contributed by atoms with E-state index in [1.165, 1.54) is 4.68 Å². The van der Waals surface area contributed by atoms with Gasteiger partial charge in [0.25, 0.3) is 17.4 Å².